The molecule has 0 saturated carbocycles. The second-order valence-corrected chi connectivity index (χ2v) is 7.50. The Kier molecular flexibility index (Phi) is 9.41. The van der Waals surface area contributed by atoms with Gasteiger partial charge in [0.05, 0.1) is 11.2 Å². The standard InChI is InChI=1S/C14H28Br2O/c1-13(2,9-5-7-11-15)17-14(3,4)10-6-8-12-16/h5-12H2,1-4H3. The molecule has 0 heterocycles. The van der Waals surface area contributed by atoms with Crippen LogP contribution >= 0.6 is 31.9 Å². The second-order valence-electron chi connectivity index (χ2n) is 5.91. The molecule has 0 rings (SSSR count). The van der Waals surface area contributed by atoms with E-state index in [0.29, 0.717) is 0 Å². The first-order valence-corrected chi connectivity index (χ1v) is 8.89. The zero-order valence-corrected chi connectivity index (χ0v) is 15.0. The smallest absolute Gasteiger partial charge is 0.0633 e. The molecule has 0 saturated heterocycles. The second kappa shape index (κ2) is 8.92. The van der Waals surface area contributed by atoms with Crippen LogP contribution in [0.5, 0.6) is 0 Å². The van der Waals surface area contributed by atoms with Crippen molar-refractivity contribution in [2.24, 2.45) is 0 Å². The Labute approximate surface area is 124 Å². The molecule has 0 aromatic heterocycles. The normalized spacial score (nSPS) is 13.1. The van der Waals surface area contributed by atoms with Crippen LogP contribution in [0, 0.1) is 0 Å². The number of ether oxygens (including phenoxy) is 1. The van der Waals surface area contributed by atoms with E-state index < -0.39 is 0 Å². The van der Waals surface area contributed by atoms with E-state index in [9.17, 15) is 0 Å². The third-order valence-corrected chi connectivity index (χ3v) is 4.00. The van der Waals surface area contributed by atoms with Gasteiger partial charge in [-0.1, -0.05) is 31.9 Å². The van der Waals surface area contributed by atoms with Crippen LogP contribution in [-0.2, 0) is 4.74 Å². The highest BCUT2D eigenvalue weighted by Crippen LogP contribution is 2.28. The summed E-state index contributed by atoms with van der Waals surface area (Å²) in [5, 5.41) is 2.19. The summed E-state index contributed by atoms with van der Waals surface area (Å²) in [6.07, 6.45) is 7.21. The third-order valence-electron chi connectivity index (χ3n) is 2.88. The monoisotopic (exact) mass is 370 g/mol. The maximum atomic E-state index is 6.29. The molecule has 0 fully saturated rings. The number of alkyl halides is 2. The van der Waals surface area contributed by atoms with E-state index in [2.05, 4.69) is 59.6 Å². The van der Waals surface area contributed by atoms with E-state index >= 15 is 0 Å². The zero-order valence-electron chi connectivity index (χ0n) is 11.8. The lowest BCUT2D eigenvalue weighted by atomic mass is 9.96. The number of halogens is 2. The molecular formula is C14H28Br2O. The van der Waals surface area contributed by atoms with Gasteiger partial charge in [0.25, 0.3) is 0 Å². The molecule has 0 bridgehead atoms. The average Bonchev–Trinajstić information content (AvgIpc) is 2.16. The highest BCUT2D eigenvalue weighted by molar-refractivity contribution is 9.09. The van der Waals surface area contributed by atoms with Gasteiger partial charge in [-0.15, -0.1) is 0 Å². The van der Waals surface area contributed by atoms with Crippen molar-refractivity contribution in [3.8, 4) is 0 Å². The molecule has 3 heteroatoms. The minimum atomic E-state index is 0.0000716. The van der Waals surface area contributed by atoms with Gasteiger partial charge in [0, 0.05) is 10.7 Å². The predicted molar refractivity (Wildman–Crippen MR) is 84.5 cm³/mol. The molecule has 0 aliphatic heterocycles. The number of unbranched alkanes of at least 4 members (excludes halogenated alkanes) is 2. The van der Waals surface area contributed by atoms with Gasteiger partial charge in [0.15, 0.2) is 0 Å². The van der Waals surface area contributed by atoms with E-state index in [0.717, 1.165) is 23.5 Å². The highest BCUT2D eigenvalue weighted by Gasteiger charge is 2.28. The molecule has 0 radical (unpaired) electrons. The van der Waals surface area contributed by atoms with Crippen molar-refractivity contribution in [2.45, 2.75) is 77.4 Å². The molecule has 104 valence electrons. The maximum absolute atomic E-state index is 6.29. The third kappa shape index (κ3) is 10.5. The lowest BCUT2D eigenvalue weighted by molar-refractivity contribution is -0.130. The fraction of sp³-hybridized carbons (Fsp3) is 1.00. The maximum Gasteiger partial charge on any atom is 0.0633 e. The molecule has 0 aromatic rings. The number of hydrogen-bond acceptors (Lipinski definition) is 1. The lowest BCUT2D eigenvalue weighted by Crippen LogP contribution is -2.37. The van der Waals surface area contributed by atoms with Gasteiger partial charge in [-0.3, -0.25) is 0 Å². The number of hydrogen-bond donors (Lipinski definition) is 0. The van der Waals surface area contributed by atoms with Crippen molar-refractivity contribution in [2.75, 3.05) is 10.7 Å². The van der Waals surface area contributed by atoms with Gasteiger partial charge in [-0.05, 0) is 66.2 Å². The van der Waals surface area contributed by atoms with Crippen LogP contribution in [0.1, 0.15) is 66.2 Å². The topological polar surface area (TPSA) is 9.23 Å². The Hall–Kier alpha value is 0.920. The summed E-state index contributed by atoms with van der Waals surface area (Å²) in [7, 11) is 0. The van der Waals surface area contributed by atoms with Crippen molar-refractivity contribution in [3.05, 3.63) is 0 Å². The fourth-order valence-corrected chi connectivity index (χ4v) is 2.93. The summed E-state index contributed by atoms with van der Waals surface area (Å²) in [6, 6.07) is 0. The molecule has 0 amide bonds. The van der Waals surface area contributed by atoms with Gasteiger partial charge >= 0.3 is 0 Å². The summed E-state index contributed by atoms with van der Waals surface area (Å²) in [6.45, 7) is 8.86. The summed E-state index contributed by atoms with van der Waals surface area (Å²) < 4.78 is 6.29. The molecule has 0 aliphatic carbocycles. The van der Waals surface area contributed by atoms with Gasteiger partial charge in [-0.25, -0.2) is 0 Å². The minimum absolute atomic E-state index is 0.0000716. The molecule has 0 aromatic carbocycles. The van der Waals surface area contributed by atoms with Crippen molar-refractivity contribution in [1.82, 2.24) is 0 Å². The Morgan fingerprint density at radius 2 is 1.06 bits per heavy atom. The van der Waals surface area contributed by atoms with Crippen molar-refractivity contribution < 1.29 is 4.74 Å². The molecular weight excluding hydrogens is 344 g/mol. The van der Waals surface area contributed by atoms with Gasteiger partial charge < -0.3 is 4.74 Å². The first-order valence-electron chi connectivity index (χ1n) is 6.65. The number of rotatable bonds is 10. The molecule has 0 atom stereocenters. The largest absolute Gasteiger partial charge is 0.370 e. The van der Waals surface area contributed by atoms with E-state index in [1.807, 2.05) is 0 Å². The van der Waals surface area contributed by atoms with Gasteiger partial charge in [0.1, 0.15) is 0 Å². The van der Waals surface area contributed by atoms with Crippen molar-refractivity contribution in [3.63, 3.8) is 0 Å². The summed E-state index contributed by atoms with van der Waals surface area (Å²) in [4.78, 5) is 0. The zero-order chi connectivity index (χ0) is 13.4. The first-order chi connectivity index (χ1) is 7.83. The van der Waals surface area contributed by atoms with Gasteiger partial charge in [-0.2, -0.15) is 0 Å². The molecule has 0 unspecified atom stereocenters. The minimum Gasteiger partial charge on any atom is -0.370 e. The van der Waals surface area contributed by atoms with Crippen LogP contribution < -0.4 is 0 Å². The first kappa shape index (κ1) is 17.9. The Balaban J connectivity index is 3.99. The van der Waals surface area contributed by atoms with Crippen molar-refractivity contribution >= 4 is 31.9 Å². The summed E-state index contributed by atoms with van der Waals surface area (Å²) in [5.74, 6) is 0. The van der Waals surface area contributed by atoms with Crippen molar-refractivity contribution in [1.29, 1.82) is 0 Å². The molecule has 0 N–H and O–H groups in total. The quantitative estimate of drug-likeness (QED) is 0.354. The van der Waals surface area contributed by atoms with E-state index in [1.165, 1.54) is 25.7 Å². The van der Waals surface area contributed by atoms with Crippen LogP contribution in [0.4, 0.5) is 0 Å². The fourth-order valence-electron chi connectivity index (χ4n) is 2.14. The Morgan fingerprint density at radius 3 is 1.35 bits per heavy atom. The van der Waals surface area contributed by atoms with E-state index in [4.69, 9.17) is 4.74 Å². The summed E-state index contributed by atoms with van der Waals surface area (Å²) >= 11 is 6.95. The van der Waals surface area contributed by atoms with Gasteiger partial charge in [0.2, 0.25) is 0 Å². The predicted octanol–water partition coefficient (Wildman–Crippen LogP) is 5.69. The van der Waals surface area contributed by atoms with E-state index in [-0.39, 0.29) is 11.2 Å². The molecule has 17 heavy (non-hydrogen) atoms. The summed E-state index contributed by atoms with van der Waals surface area (Å²) in [5.41, 5.74) is 0.000143. The van der Waals surface area contributed by atoms with Crippen LogP contribution in [0.25, 0.3) is 0 Å². The highest BCUT2D eigenvalue weighted by atomic mass is 79.9. The molecule has 0 aliphatic rings. The average molecular weight is 372 g/mol. The van der Waals surface area contributed by atoms with Crippen LogP contribution in [0.2, 0.25) is 0 Å². The Morgan fingerprint density at radius 1 is 0.706 bits per heavy atom. The molecule has 0 spiro atoms. The molecule has 1 nitrogen and oxygen atoms in total. The van der Waals surface area contributed by atoms with E-state index in [1.54, 1.807) is 0 Å². The van der Waals surface area contributed by atoms with Crippen LogP contribution in [0.3, 0.4) is 0 Å². The SMILES string of the molecule is CC(C)(CCCCBr)OC(C)(C)CCCCBr. The van der Waals surface area contributed by atoms with Crippen LogP contribution in [-0.4, -0.2) is 21.9 Å². The lowest BCUT2D eigenvalue weighted by Gasteiger charge is -2.36. The van der Waals surface area contributed by atoms with Crippen LogP contribution in [0.15, 0.2) is 0 Å². The Bertz CT molecular complexity index is 171.